The monoisotopic (exact) mass is 497 g/mol. The van der Waals surface area contributed by atoms with E-state index >= 15 is 0 Å². The molecule has 0 aliphatic carbocycles. The number of methoxy groups -OCH3 is 1. The Bertz CT molecular complexity index is 1170. The van der Waals surface area contributed by atoms with Gasteiger partial charge in [0.1, 0.15) is 11.3 Å². The van der Waals surface area contributed by atoms with E-state index in [1.165, 1.54) is 0 Å². The fourth-order valence-electron chi connectivity index (χ4n) is 4.77. The third-order valence-corrected chi connectivity index (χ3v) is 7.22. The number of aromatic nitrogens is 3. The summed E-state index contributed by atoms with van der Waals surface area (Å²) in [5, 5.41) is 4.22. The first kappa shape index (κ1) is 23.8. The molecule has 0 bridgehead atoms. The van der Waals surface area contributed by atoms with Crippen LogP contribution in [0.1, 0.15) is 12.8 Å². The number of benzene rings is 1. The molecule has 0 spiro atoms. The Morgan fingerprint density at radius 2 is 1.94 bits per heavy atom. The number of hydrogen-bond donors (Lipinski definition) is 2. The van der Waals surface area contributed by atoms with Crippen LogP contribution in [0.4, 0.5) is 11.4 Å². The zero-order valence-corrected chi connectivity index (χ0v) is 21.0. The number of rotatable bonds is 7. The van der Waals surface area contributed by atoms with Gasteiger partial charge >= 0.3 is 0 Å². The van der Waals surface area contributed by atoms with Gasteiger partial charge in [0.05, 0.1) is 30.1 Å². The van der Waals surface area contributed by atoms with E-state index in [2.05, 4.69) is 32.1 Å². The largest absolute Gasteiger partial charge is 0.383 e. The van der Waals surface area contributed by atoms with E-state index in [0.29, 0.717) is 43.0 Å². The first-order valence-corrected chi connectivity index (χ1v) is 12.5. The molecule has 2 fully saturated rings. The Balaban J connectivity index is 1.31. The third kappa shape index (κ3) is 5.22. The van der Waals surface area contributed by atoms with Crippen molar-refractivity contribution < 1.29 is 9.53 Å². The summed E-state index contributed by atoms with van der Waals surface area (Å²) in [5.74, 6) is 0.871. The van der Waals surface area contributed by atoms with Crippen molar-refractivity contribution in [3.63, 3.8) is 0 Å². The van der Waals surface area contributed by atoms with Gasteiger partial charge in [0.2, 0.25) is 5.91 Å². The molecule has 35 heavy (non-hydrogen) atoms. The van der Waals surface area contributed by atoms with Gasteiger partial charge in [-0.1, -0.05) is 11.6 Å². The van der Waals surface area contributed by atoms with Crippen molar-refractivity contribution in [3.05, 3.63) is 35.5 Å². The molecule has 1 aromatic carbocycles. The molecule has 186 valence electrons. The number of piperazine rings is 1. The highest BCUT2D eigenvalue weighted by Gasteiger charge is 2.24. The third-order valence-electron chi connectivity index (χ3n) is 6.93. The molecule has 0 atom stereocenters. The van der Waals surface area contributed by atoms with Crippen LogP contribution in [0.5, 0.6) is 0 Å². The summed E-state index contributed by atoms with van der Waals surface area (Å²) in [5.41, 5.74) is 4.31. The van der Waals surface area contributed by atoms with Crippen LogP contribution in [0.15, 0.2) is 30.5 Å². The lowest BCUT2D eigenvalue weighted by Crippen LogP contribution is -2.51. The van der Waals surface area contributed by atoms with Gasteiger partial charge in [-0.25, -0.2) is 9.97 Å². The molecular formula is C25H32ClN7O2. The van der Waals surface area contributed by atoms with Crippen molar-refractivity contribution in [1.29, 1.82) is 0 Å². The van der Waals surface area contributed by atoms with E-state index in [-0.39, 0.29) is 5.91 Å². The zero-order valence-electron chi connectivity index (χ0n) is 20.3. The molecular weight excluding hydrogens is 466 g/mol. The molecule has 1 amide bonds. The predicted octanol–water partition coefficient (Wildman–Crippen LogP) is 3.08. The van der Waals surface area contributed by atoms with Gasteiger partial charge in [0.25, 0.3) is 0 Å². The summed E-state index contributed by atoms with van der Waals surface area (Å²) < 4.78 is 5.10. The molecule has 0 unspecified atom stereocenters. The Kier molecular flexibility index (Phi) is 7.08. The predicted molar refractivity (Wildman–Crippen MR) is 139 cm³/mol. The number of likely N-dealkylation sites (tertiary alicyclic amines) is 1. The Morgan fingerprint density at radius 3 is 2.66 bits per heavy atom. The van der Waals surface area contributed by atoms with Gasteiger partial charge in [-0.3, -0.25) is 4.79 Å². The number of nitrogens with one attached hydrogen (secondary N) is 2. The van der Waals surface area contributed by atoms with Crippen LogP contribution in [0.3, 0.4) is 0 Å². The fourth-order valence-corrected chi connectivity index (χ4v) is 4.96. The Morgan fingerprint density at radius 1 is 1.17 bits per heavy atom. The zero-order chi connectivity index (χ0) is 24.4. The number of nitrogens with zero attached hydrogens (tertiary/aromatic N) is 5. The van der Waals surface area contributed by atoms with Crippen LogP contribution in [0, 0.1) is 0 Å². The number of pyridine rings is 1. The van der Waals surface area contributed by atoms with Crippen molar-refractivity contribution in [1.82, 2.24) is 24.8 Å². The van der Waals surface area contributed by atoms with Crippen molar-refractivity contribution in [2.75, 3.05) is 70.2 Å². The maximum Gasteiger partial charge on any atom is 0.242 e. The summed E-state index contributed by atoms with van der Waals surface area (Å²) in [7, 11) is 3.81. The quantitative estimate of drug-likeness (QED) is 0.518. The number of imidazole rings is 1. The highest BCUT2D eigenvalue weighted by atomic mass is 35.5. The van der Waals surface area contributed by atoms with E-state index < -0.39 is 0 Å². The number of carbonyl (C=O) groups is 1. The van der Waals surface area contributed by atoms with Crippen LogP contribution in [0.25, 0.3) is 22.6 Å². The standard InChI is InChI=1S/C25H32ClN7O2/c1-31-9-7-18(8-10-31)28-22-20(26)15-27-25-23(22)29-24(30-25)17-3-5-19(6-4-17)33-12-11-32(13-14-35-2)21(34)16-33/h3-6,15,18H,7-14,16H2,1-2H3,(H2,27,28,29,30). The van der Waals surface area contributed by atoms with E-state index in [4.69, 9.17) is 21.3 Å². The van der Waals surface area contributed by atoms with E-state index in [1.807, 2.05) is 29.2 Å². The number of ether oxygens (including phenoxy) is 1. The molecule has 4 heterocycles. The maximum atomic E-state index is 12.5. The van der Waals surface area contributed by atoms with Crippen LogP contribution >= 0.6 is 11.6 Å². The summed E-state index contributed by atoms with van der Waals surface area (Å²) in [6, 6.07) is 8.51. The van der Waals surface area contributed by atoms with Crippen molar-refractivity contribution in [3.8, 4) is 11.4 Å². The van der Waals surface area contributed by atoms with E-state index in [9.17, 15) is 4.79 Å². The van der Waals surface area contributed by atoms with Gasteiger partial charge in [-0.2, -0.15) is 0 Å². The van der Waals surface area contributed by atoms with Crippen molar-refractivity contribution in [2.24, 2.45) is 0 Å². The molecule has 0 radical (unpaired) electrons. The second-order valence-corrected chi connectivity index (χ2v) is 9.74. The number of amides is 1. The van der Waals surface area contributed by atoms with Gasteiger partial charge in [0, 0.05) is 44.0 Å². The van der Waals surface area contributed by atoms with Gasteiger partial charge in [0.15, 0.2) is 5.65 Å². The number of halogens is 1. The van der Waals surface area contributed by atoms with Gasteiger partial charge in [-0.15, -0.1) is 0 Å². The lowest BCUT2D eigenvalue weighted by Gasteiger charge is -2.35. The summed E-state index contributed by atoms with van der Waals surface area (Å²) in [6.45, 7) is 5.22. The second-order valence-electron chi connectivity index (χ2n) is 9.33. The molecule has 2 saturated heterocycles. The van der Waals surface area contributed by atoms with Crippen LogP contribution in [-0.2, 0) is 9.53 Å². The number of aromatic amines is 1. The number of piperidine rings is 1. The maximum absolute atomic E-state index is 12.5. The molecule has 5 rings (SSSR count). The average Bonchev–Trinajstić information content (AvgIpc) is 3.31. The highest BCUT2D eigenvalue weighted by Crippen LogP contribution is 2.32. The topological polar surface area (TPSA) is 89.6 Å². The number of hydrogen-bond acceptors (Lipinski definition) is 7. The number of fused-ring (bicyclic) bond motifs is 1. The molecule has 3 aromatic rings. The summed E-state index contributed by atoms with van der Waals surface area (Å²) in [6.07, 6.45) is 3.81. The van der Waals surface area contributed by atoms with Crippen molar-refractivity contribution >= 4 is 40.0 Å². The Labute approximate surface area is 210 Å². The minimum atomic E-state index is 0.127. The molecule has 2 aliphatic rings. The highest BCUT2D eigenvalue weighted by molar-refractivity contribution is 6.34. The first-order valence-electron chi connectivity index (χ1n) is 12.1. The molecule has 2 aliphatic heterocycles. The summed E-state index contributed by atoms with van der Waals surface area (Å²) >= 11 is 6.54. The van der Waals surface area contributed by atoms with Crippen LogP contribution in [0.2, 0.25) is 5.02 Å². The van der Waals surface area contributed by atoms with Gasteiger partial charge < -0.3 is 29.7 Å². The molecule has 2 N–H and O–H groups in total. The molecule has 2 aromatic heterocycles. The normalized spacial score (nSPS) is 18.0. The molecule has 10 heteroatoms. The van der Waals surface area contributed by atoms with Crippen molar-refractivity contribution in [2.45, 2.75) is 18.9 Å². The fraction of sp³-hybridized carbons (Fsp3) is 0.480. The SMILES string of the molecule is COCCN1CCN(c2ccc(-c3nc4ncc(Cl)c(NC5CCN(C)CC5)c4[nH]3)cc2)CC1=O. The smallest absolute Gasteiger partial charge is 0.242 e. The van der Waals surface area contributed by atoms with Gasteiger partial charge in [-0.05, 0) is 57.2 Å². The van der Waals surface area contributed by atoms with E-state index in [1.54, 1.807) is 13.3 Å². The number of anilines is 2. The lowest BCUT2D eigenvalue weighted by atomic mass is 10.1. The molecule has 9 nitrogen and oxygen atoms in total. The number of H-pyrrole nitrogens is 1. The van der Waals surface area contributed by atoms with E-state index in [0.717, 1.165) is 60.8 Å². The molecule has 0 saturated carbocycles. The lowest BCUT2D eigenvalue weighted by molar-refractivity contribution is -0.131. The average molecular weight is 498 g/mol. The Hall–Kier alpha value is -2.88. The first-order chi connectivity index (χ1) is 17.0. The minimum absolute atomic E-state index is 0.127. The summed E-state index contributed by atoms with van der Waals surface area (Å²) in [4.78, 5) is 31.4. The van der Waals surface area contributed by atoms with Crippen LogP contribution in [-0.4, -0.2) is 96.7 Å². The minimum Gasteiger partial charge on any atom is -0.383 e. The number of carbonyl (C=O) groups excluding carboxylic acids is 1. The second kappa shape index (κ2) is 10.4. The van der Waals surface area contributed by atoms with Crippen LogP contribution < -0.4 is 10.2 Å².